The molecule has 0 spiro atoms. The molecule has 0 aliphatic carbocycles. The second-order valence-electron chi connectivity index (χ2n) is 6.07. The predicted octanol–water partition coefficient (Wildman–Crippen LogP) is 4.59. The minimum atomic E-state index is -4.59. The average Bonchev–Trinajstić information content (AvgIpc) is 3.15. The Bertz CT molecular complexity index is 1180. The number of alkyl halides is 3. The molecule has 0 bridgehead atoms. The van der Waals surface area contributed by atoms with Crippen molar-refractivity contribution in [1.29, 1.82) is 0 Å². The molecule has 2 N–H and O–H groups in total. The average molecular weight is 470 g/mol. The van der Waals surface area contributed by atoms with E-state index in [9.17, 15) is 18.0 Å². The van der Waals surface area contributed by atoms with Crippen LogP contribution in [0.25, 0.3) is 11.5 Å². The number of aliphatic hydroxyl groups excluding tert-OH is 1. The Hall–Kier alpha value is -3.06. The van der Waals surface area contributed by atoms with E-state index in [1.54, 1.807) is 12.1 Å². The van der Waals surface area contributed by atoms with Crippen LogP contribution >= 0.6 is 23.2 Å². The van der Waals surface area contributed by atoms with E-state index in [1.807, 2.05) is 0 Å². The van der Waals surface area contributed by atoms with Gasteiger partial charge in [-0.15, -0.1) is 10.2 Å². The fourth-order valence-electron chi connectivity index (χ4n) is 2.43. The molecule has 2 aromatic carbocycles. The van der Waals surface area contributed by atoms with Gasteiger partial charge < -0.3 is 14.8 Å². The Labute approximate surface area is 184 Å². The molecule has 0 saturated carbocycles. The van der Waals surface area contributed by atoms with Crippen molar-refractivity contribution in [2.24, 2.45) is 0 Å². The zero-order valence-corrected chi connectivity index (χ0v) is 16.9. The summed E-state index contributed by atoms with van der Waals surface area (Å²) in [6.07, 6.45) is -4.37. The third-order valence-corrected chi connectivity index (χ3v) is 4.48. The zero-order chi connectivity index (χ0) is 22.6. The number of aliphatic hydroxyl groups is 1. The van der Waals surface area contributed by atoms with Crippen LogP contribution in [-0.4, -0.2) is 27.8 Å². The third kappa shape index (κ3) is 5.76. The van der Waals surface area contributed by atoms with Gasteiger partial charge in [0.15, 0.2) is 0 Å². The number of rotatable bonds is 4. The molecule has 1 aromatic heterocycles. The standard InChI is InChI=1S/C20H12Cl2F3N3O3/c21-15-9-12(19-28-27-18(31-19)7-8-29)2-1-11(15)3-6-17(30)26-13-4-5-14(16(22)10-13)20(23,24)25/h1-2,4-5,9-10,29H,7-8H2,(H,26,30). The van der Waals surface area contributed by atoms with Crippen LogP contribution in [-0.2, 0) is 17.4 Å². The second kappa shape index (κ2) is 9.39. The van der Waals surface area contributed by atoms with Crippen molar-refractivity contribution >= 4 is 34.8 Å². The normalized spacial score (nSPS) is 11.0. The van der Waals surface area contributed by atoms with E-state index in [2.05, 4.69) is 27.4 Å². The Balaban J connectivity index is 1.71. The van der Waals surface area contributed by atoms with Gasteiger partial charge in [-0.3, -0.25) is 4.79 Å². The van der Waals surface area contributed by atoms with Crippen LogP contribution in [0, 0.1) is 11.8 Å². The number of hydrogen-bond donors (Lipinski definition) is 2. The number of carbonyl (C=O) groups excluding carboxylic acids is 1. The third-order valence-electron chi connectivity index (χ3n) is 3.85. The van der Waals surface area contributed by atoms with Gasteiger partial charge in [0.25, 0.3) is 0 Å². The smallest absolute Gasteiger partial charge is 0.417 e. The van der Waals surface area contributed by atoms with Crippen molar-refractivity contribution in [2.45, 2.75) is 12.6 Å². The molecule has 1 amide bonds. The van der Waals surface area contributed by atoms with Crippen molar-refractivity contribution < 1.29 is 27.5 Å². The van der Waals surface area contributed by atoms with Crippen molar-refractivity contribution in [1.82, 2.24) is 10.2 Å². The first-order chi connectivity index (χ1) is 14.7. The molecule has 3 rings (SSSR count). The molecule has 1 heterocycles. The fourth-order valence-corrected chi connectivity index (χ4v) is 2.94. The highest BCUT2D eigenvalue weighted by molar-refractivity contribution is 6.32. The van der Waals surface area contributed by atoms with Crippen molar-refractivity contribution in [3.8, 4) is 23.3 Å². The summed E-state index contributed by atoms with van der Waals surface area (Å²) in [5.41, 5.74) is -0.0825. The number of nitrogens with one attached hydrogen (secondary N) is 1. The maximum Gasteiger partial charge on any atom is 0.417 e. The lowest BCUT2D eigenvalue weighted by molar-refractivity contribution is -0.137. The lowest BCUT2D eigenvalue weighted by atomic mass is 10.1. The van der Waals surface area contributed by atoms with Crippen molar-refractivity contribution in [3.63, 3.8) is 0 Å². The summed E-state index contributed by atoms with van der Waals surface area (Å²) in [6.45, 7) is -0.127. The van der Waals surface area contributed by atoms with E-state index in [-0.39, 0.29) is 35.5 Å². The van der Waals surface area contributed by atoms with Crippen molar-refractivity contribution in [2.75, 3.05) is 11.9 Å². The SMILES string of the molecule is O=C(C#Cc1ccc(-c2nnc(CCO)o2)cc1Cl)Nc1ccc(C(F)(F)F)c(Cl)c1. The summed E-state index contributed by atoms with van der Waals surface area (Å²) in [6, 6.07) is 7.51. The first-order valence-electron chi connectivity index (χ1n) is 8.60. The van der Waals surface area contributed by atoms with Crippen LogP contribution in [0.5, 0.6) is 0 Å². The van der Waals surface area contributed by atoms with Crippen LogP contribution in [0.3, 0.4) is 0 Å². The molecular weight excluding hydrogens is 458 g/mol. The molecule has 0 aliphatic heterocycles. The molecule has 0 saturated heterocycles. The minimum Gasteiger partial charge on any atom is -0.421 e. The first-order valence-corrected chi connectivity index (χ1v) is 9.36. The lowest BCUT2D eigenvalue weighted by Gasteiger charge is -2.10. The van der Waals surface area contributed by atoms with Crippen LogP contribution in [0.2, 0.25) is 10.0 Å². The topological polar surface area (TPSA) is 88.2 Å². The fraction of sp³-hybridized carbons (Fsp3) is 0.150. The van der Waals surface area contributed by atoms with Crippen LogP contribution in [0.1, 0.15) is 17.0 Å². The summed E-state index contributed by atoms with van der Waals surface area (Å²) in [5, 5.41) is 18.6. The molecular formula is C20H12Cl2F3N3O3. The number of aromatic nitrogens is 2. The highest BCUT2D eigenvalue weighted by atomic mass is 35.5. The minimum absolute atomic E-state index is 0.0637. The number of benzene rings is 2. The Morgan fingerprint density at radius 2 is 1.90 bits per heavy atom. The van der Waals surface area contributed by atoms with Gasteiger partial charge in [-0.1, -0.05) is 29.1 Å². The number of halogens is 5. The van der Waals surface area contributed by atoms with Crippen LogP contribution < -0.4 is 5.32 Å². The summed E-state index contributed by atoms with van der Waals surface area (Å²) in [4.78, 5) is 12.0. The molecule has 0 unspecified atom stereocenters. The van der Waals surface area contributed by atoms with Gasteiger partial charge in [0.2, 0.25) is 11.8 Å². The monoisotopic (exact) mass is 469 g/mol. The highest BCUT2D eigenvalue weighted by Gasteiger charge is 2.33. The quantitative estimate of drug-likeness (QED) is 0.545. The molecule has 160 valence electrons. The molecule has 0 aliphatic rings. The van der Waals surface area contributed by atoms with Gasteiger partial charge in [0, 0.05) is 29.2 Å². The van der Waals surface area contributed by atoms with E-state index in [1.165, 1.54) is 6.07 Å². The maximum atomic E-state index is 12.7. The van der Waals surface area contributed by atoms with E-state index < -0.39 is 22.7 Å². The Kier molecular flexibility index (Phi) is 6.85. The van der Waals surface area contributed by atoms with Gasteiger partial charge in [0.1, 0.15) is 0 Å². The Morgan fingerprint density at radius 1 is 1.13 bits per heavy atom. The first kappa shape index (κ1) is 22.6. The van der Waals surface area contributed by atoms with Crippen LogP contribution in [0.4, 0.5) is 18.9 Å². The van der Waals surface area contributed by atoms with Gasteiger partial charge in [-0.2, -0.15) is 13.2 Å². The second-order valence-corrected chi connectivity index (χ2v) is 6.88. The lowest BCUT2D eigenvalue weighted by Crippen LogP contribution is -2.10. The number of carbonyl (C=O) groups is 1. The molecule has 0 fully saturated rings. The predicted molar refractivity (Wildman–Crippen MR) is 107 cm³/mol. The highest BCUT2D eigenvalue weighted by Crippen LogP contribution is 2.35. The molecule has 6 nitrogen and oxygen atoms in total. The van der Waals surface area contributed by atoms with Crippen molar-refractivity contribution in [3.05, 3.63) is 63.5 Å². The number of hydrogen-bond acceptors (Lipinski definition) is 5. The number of anilines is 1. The molecule has 0 radical (unpaired) electrons. The van der Waals surface area contributed by atoms with Crippen LogP contribution in [0.15, 0.2) is 40.8 Å². The van der Waals surface area contributed by atoms with E-state index in [0.717, 1.165) is 18.2 Å². The largest absolute Gasteiger partial charge is 0.421 e. The summed E-state index contributed by atoms with van der Waals surface area (Å²) in [7, 11) is 0. The Morgan fingerprint density at radius 3 is 2.55 bits per heavy atom. The summed E-state index contributed by atoms with van der Waals surface area (Å²) >= 11 is 11.8. The summed E-state index contributed by atoms with van der Waals surface area (Å²) < 4.78 is 43.6. The molecule has 0 atom stereocenters. The van der Waals surface area contributed by atoms with Gasteiger partial charge in [0.05, 0.1) is 22.2 Å². The zero-order valence-electron chi connectivity index (χ0n) is 15.4. The number of nitrogens with zero attached hydrogens (tertiary/aromatic N) is 2. The van der Waals surface area contributed by atoms with E-state index in [4.69, 9.17) is 32.7 Å². The molecule has 31 heavy (non-hydrogen) atoms. The van der Waals surface area contributed by atoms with E-state index in [0.29, 0.717) is 11.1 Å². The summed E-state index contributed by atoms with van der Waals surface area (Å²) in [5.74, 6) is 4.61. The molecule has 3 aromatic rings. The van der Waals surface area contributed by atoms with E-state index >= 15 is 0 Å². The number of amides is 1. The molecule has 11 heteroatoms. The van der Waals surface area contributed by atoms with Gasteiger partial charge >= 0.3 is 12.1 Å². The van der Waals surface area contributed by atoms with Gasteiger partial charge in [-0.25, -0.2) is 0 Å². The van der Waals surface area contributed by atoms with Gasteiger partial charge in [-0.05, 0) is 36.4 Å². The maximum absolute atomic E-state index is 12.7.